The summed E-state index contributed by atoms with van der Waals surface area (Å²) in [7, 11) is 0. The molecule has 0 spiro atoms. The smallest absolute Gasteiger partial charge is 0.358 e. The molecular formula is C17H16IN3O3. The number of nitrogens with zero attached hydrogens (tertiary/aromatic N) is 3. The number of hydrogen-bond acceptors (Lipinski definition) is 4. The van der Waals surface area contributed by atoms with Crippen LogP contribution in [0.4, 0.5) is 0 Å². The van der Waals surface area contributed by atoms with E-state index in [1.54, 1.807) is 13.3 Å². The van der Waals surface area contributed by atoms with E-state index in [1.807, 2.05) is 27.7 Å². The van der Waals surface area contributed by atoms with Crippen molar-refractivity contribution in [1.82, 2.24) is 14.5 Å². The van der Waals surface area contributed by atoms with Gasteiger partial charge in [-0.05, 0) is 54.5 Å². The molecule has 1 aromatic heterocycles. The summed E-state index contributed by atoms with van der Waals surface area (Å²) in [6.07, 6.45) is 3.38. The Morgan fingerprint density at radius 3 is 3.08 bits per heavy atom. The van der Waals surface area contributed by atoms with E-state index in [9.17, 15) is 9.59 Å². The highest BCUT2D eigenvalue weighted by atomic mass is 127. The van der Waals surface area contributed by atoms with Gasteiger partial charge in [0.2, 0.25) is 0 Å². The zero-order valence-corrected chi connectivity index (χ0v) is 15.3. The SMILES string of the molecule is CCOC(=O)c1ncn2c1[C@@H]1CCCN1C(=O)c1c(I)cccc1-2. The number of hydrogen-bond donors (Lipinski definition) is 0. The third-order valence-corrected chi connectivity index (χ3v) is 5.47. The van der Waals surface area contributed by atoms with Gasteiger partial charge in [0.1, 0.15) is 6.33 Å². The molecule has 0 N–H and O–H groups in total. The lowest BCUT2D eigenvalue weighted by molar-refractivity contribution is 0.0513. The molecule has 1 aromatic carbocycles. The first-order valence-electron chi connectivity index (χ1n) is 7.97. The highest BCUT2D eigenvalue weighted by molar-refractivity contribution is 14.1. The lowest BCUT2D eigenvalue weighted by Crippen LogP contribution is -2.30. The fraction of sp³-hybridized carbons (Fsp3) is 0.353. The zero-order chi connectivity index (χ0) is 16.8. The molecule has 1 amide bonds. The second-order valence-corrected chi connectivity index (χ2v) is 7.02. The van der Waals surface area contributed by atoms with E-state index in [0.717, 1.165) is 27.8 Å². The van der Waals surface area contributed by atoms with E-state index in [1.165, 1.54) is 0 Å². The maximum Gasteiger partial charge on any atom is 0.358 e. The van der Waals surface area contributed by atoms with Crippen LogP contribution in [0.15, 0.2) is 24.5 Å². The minimum atomic E-state index is -0.431. The van der Waals surface area contributed by atoms with Crippen LogP contribution >= 0.6 is 22.6 Å². The quantitative estimate of drug-likeness (QED) is 0.536. The summed E-state index contributed by atoms with van der Waals surface area (Å²) in [4.78, 5) is 31.6. The Kier molecular flexibility index (Phi) is 3.82. The van der Waals surface area contributed by atoms with Crippen molar-refractivity contribution in [2.45, 2.75) is 25.8 Å². The monoisotopic (exact) mass is 437 g/mol. The van der Waals surface area contributed by atoms with Gasteiger partial charge in [0, 0.05) is 10.1 Å². The Hall–Kier alpha value is -1.90. The van der Waals surface area contributed by atoms with Crippen molar-refractivity contribution >= 4 is 34.5 Å². The van der Waals surface area contributed by atoms with Crippen molar-refractivity contribution in [2.75, 3.05) is 13.2 Å². The number of imidazole rings is 1. The van der Waals surface area contributed by atoms with Crippen LogP contribution in [0.2, 0.25) is 0 Å². The number of rotatable bonds is 2. The van der Waals surface area contributed by atoms with Gasteiger partial charge in [0.05, 0.1) is 29.6 Å². The van der Waals surface area contributed by atoms with Crippen molar-refractivity contribution in [2.24, 2.45) is 0 Å². The van der Waals surface area contributed by atoms with Crippen LogP contribution in [0.5, 0.6) is 0 Å². The van der Waals surface area contributed by atoms with E-state index >= 15 is 0 Å². The average molecular weight is 437 g/mol. The molecule has 1 saturated heterocycles. The van der Waals surface area contributed by atoms with Gasteiger partial charge in [-0.15, -0.1) is 0 Å². The molecule has 124 valence electrons. The van der Waals surface area contributed by atoms with Crippen molar-refractivity contribution in [3.63, 3.8) is 0 Å². The normalized spacial score (nSPS) is 18.7. The van der Waals surface area contributed by atoms with E-state index in [0.29, 0.717) is 24.4 Å². The number of fused-ring (bicyclic) bond motifs is 5. The van der Waals surface area contributed by atoms with Gasteiger partial charge in [0.15, 0.2) is 5.69 Å². The molecule has 0 saturated carbocycles. The summed E-state index contributed by atoms with van der Waals surface area (Å²) >= 11 is 2.19. The first-order chi connectivity index (χ1) is 11.6. The van der Waals surface area contributed by atoms with Gasteiger partial charge in [-0.1, -0.05) is 6.07 Å². The van der Waals surface area contributed by atoms with Crippen LogP contribution in [0.25, 0.3) is 5.69 Å². The van der Waals surface area contributed by atoms with E-state index < -0.39 is 5.97 Å². The first-order valence-corrected chi connectivity index (χ1v) is 9.05. The summed E-state index contributed by atoms with van der Waals surface area (Å²) in [6.45, 7) is 2.77. The minimum Gasteiger partial charge on any atom is -0.461 e. The second-order valence-electron chi connectivity index (χ2n) is 5.86. The van der Waals surface area contributed by atoms with Crippen molar-refractivity contribution in [1.29, 1.82) is 0 Å². The number of esters is 1. The summed E-state index contributed by atoms with van der Waals surface area (Å²) in [6, 6.07) is 5.61. The summed E-state index contributed by atoms with van der Waals surface area (Å²) in [5, 5.41) is 0. The lowest BCUT2D eigenvalue weighted by atomic mass is 10.1. The Morgan fingerprint density at radius 1 is 1.46 bits per heavy atom. The maximum atomic E-state index is 13.1. The van der Waals surface area contributed by atoms with Gasteiger partial charge in [-0.2, -0.15) is 0 Å². The molecule has 6 nitrogen and oxygen atoms in total. The number of carbonyl (C=O) groups excluding carboxylic acids is 2. The first kappa shape index (κ1) is 15.6. The van der Waals surface area contributed by atoms with Crippen LogP contribution in [-0.4, -0.2) is 39.5 Å². The van der Waals surface area contributed by atoms with Crippen molar-refractivity contribution < 1.29 is 14.3 Å². The third kappa shape index (κ3) is 2.17. The molecular weight excluding hydrogens is 421 g/mol. The predicted molar refractivity (Wildman–Crippen MR) is 95.2 cm³/mol. The lowest BCUT2D eigenvalue weighted by Gasteiger charge is -2.23. The Balaban J connectivity index is 1.99. The molecule has 0 radical (unpaired) electrons. The molecule has 2 aliphatic heterocycles. The maximum absolute atomic E-state index is 13.1. The fourth-order valence-corrected chi connectivity index (χ4v) is 4.30. The third-order valence-electron chi connectivity index (χ3n) is 4.57. The summed E-state index contributed by atoms with van der Waals surface area (Å²) in [5.74, 6) is -0.407. The summed E-state index contributed by atoms with van der Waals surface area (Å²) < 4.78 is 7.95. The fourth-order valence-electron chi connectivity index (χ4n) is 3.59. The van der Waals surface area contributed by atoms with Crippen molar-refractivity contribution in [3.05, 3.63) is 45.0 Å². The highest BCUT2D eigenvalue weighted by Gasteiger charge is 2.40. The Labute approximate surface area is 152 Å². The molecule has 24 heavy (non-hydrogen) atoms. The van der Waals surface area contributed by atoms with Gasteiger partial charge in [-0.25, -0.2) is 9.78 Å². The van der Waals surface area contributed by atoms with Crippen LogP contribution in [-0.2, 0) is 4.74 Å². The van der Waals surface area contributed by atoms with E-state index in [-0.39, 0.29) is 11.9 Å². The van der Waals surface area contributed by atoms with Gasteiger partial charge in [-0.3, -0.25) is 9.36 Å². The molecule has 7 heteroatoms. The minimum absolute atomic E-state index is 0.0241. The van der Waals surface area contributed by atoms with Crippen molar-refractivity contribution in [3.8, 4) is 5.69 Å². The van der Waals surface area contributed by atoms with Gasteiger partial charge >= 0.3 is 5.97 Å². The highest BCUT2D eigenvalue weighted by Crippen LogP contribution is 2.40. The number of aromatic nitrogens is 2. The average Bonchev–Trinajstić information content (AvgIpc) is 3.18. The largest absolute Gasteiger partial charge is 0.461 e. The van der Waals surface area contributed by atoms with Gasteiger partial charge < -0.3 is 9.64 Å². The number of ether oxygens (including phenoxy) is 1. The molecule has 2 aromatic rings. The standard InChI is InChI=1S/C17H16IN3O3/c1-2-24-17(23)14-15-12-7-4-8-20(12)16(22)13-10(18)5-3-6-11(13)21(15)9-19-14/h3,5-6,9,12H,2,4,7-8H2,1H3/t12-/m0/s1. The molecule has 4 rings (SSSR count). The molecule has 0 unspecified atom stereocenters. The van der Waals surface area contributed by atoms with Crippen LogP contribution in [0.1, 0.15) is 52.3 Å². The topological polar surface area (TPSA) is 64.4 Å². The van der Waals surface area contributed by atoms with Crippen LogP contribution in [0, 0.1) is 3.57 Å². The van der Waals surface area contributed by atoms with Crippen LogP contribution < -0.4 is 0 Å². The van der Waals surface area contributed by atoms with E-state index in [2.05, 4.69) is 27.6 Å². The number of benzene rings is 1. The van der Waals surface area contributed by atoms with Gasteiger partial charge in [0.25, 0.3) is 5.91 Å². The number of carbonyl (C=O) groups is 2. The second kappa shape index (κ2) is 5.87. The molecule has 1 fully saturated rings. The Bertz CT molecular complexity index is 846. The van der Waals surface area contributed by atoms with E-state index in [4.69, 9.17) is 4.74 Å². The molecule has 3 heterocycles. The molecule has 0 aliphatic carbocycles. The summed E-state index contributed by atoms with van der Waals surface area (Å²) in [5.41, 5.74) is 2.53. The zero-order valence-electron chi connectivity index (χ0n) is 13.2. The molecule has 1 atom stereocenters. The number of halogens is 1. The molecule has 0 bridgehead atoms. The van der Waals surface area contributed by atoms with Crippen LogP contribution in [0.3, 0.4) is 0 Å². The molecule has 2 aliphatic rings. The Morgan fingerprint density at radius 2 is 2.29 bits per heavy atom. The predicted octanol–water partition coefficient (Wildman–Crippen LogP) is 2.94. The number of amides is 1.